The maximum absolute atomic E-state index is 12.0. The number of urea groups is 1. The van der Waals surface area contributed by atoms with E-state index in [-0.39, 0.29) is 0 Å². The quantitative estimate of drug-likeness (QED) is 0.905. The standard InChI is InChI=1S/C17H21N3O/c1-17(2,14-6-4-3-5-7-14)20(16(19)21)15-10-8-13(12-18)9-11-15/h3-11H,12,18H2,1-2H3,(H2,19,21). The molecule has 0 fully saturated rings. The van der Waals surface area contributed by atoms with E-state index in [1.54, 1.807) is 4.90 Å². The maximum Gasteiger partial charge on any atom is 0.320 e. The molecule has 0 aliphatic carbocycles. The highest BCUT2D eigenvalue weighted by atomic mass is 16.2. The molecule has 2 aromatic rings. The summed E-state index contributed by atoms with van der Waals surface area (Å²) in [7, 11) is 0. The van der Waals surface area contributed by atoms with E-state index in [1.807, 2.05) is 68.4 Å². The van der Waals surface area contributed by atoms with Crippen molar-refractivity contribution in [1.29, 1.82) is 0 Å². The monoisotopic (exact) mass is 283 g/mol. The van der Waals surface area contributed by atoms with E-state index in [2.05, 4.69) is 0 Å². The molecule has 2 aromatic carbocycles. The molecule has 0 atom stereocenters. The Morgan fingerprint density at radius 2 is 1.62 bits per heavy atom. The van der Waals surface area contributed by atoms with Crippen molar-refractivity contribution in [2.45, 2.75) is 25.9 Å². The molecule has 0 unspecified atom stereocenters. The van der Waals surface area contributed by atoms with Gasteiger partial charge in [0.25, 0.3) is 0 Å². The van der Waals surface area contributed by atoms with Crippen LogP contribution >= 0.6 is 0 Å². The lowest BCUT2D eigenvalue weighted by atomic mass is 9.91. The predicted molar refractivity (Wildman–Crippen MR) is 85.9 cm³/mol. The Balaban J connectivity index is 2.45. The van der Waals surface area contributed by atoms with Crippen molar-refractivity contribution in [2.24, 2.45) is 11.5 Å². The zero-order valence-electron chi connectivity index (χ0n) is 12.4. The average Bonchev–Trinajstić information content (AvgIpc) is 2.48. The highest BCUT2D eigenvalue weighted by molar-refractivity contribution is 5.92. The molecule has 2 amide bonds. The SMILES string of the molecule is CC(C)(c1ccccc1)N(C(N)=O)c1ccc(CN)cc1. The molecule has 0 bridgehead atoms. The van der Waals surface area contributed by atoms with Crippen LogP contribution in [0.3, 0.4) is 0 Å². The lowest BCUT2D eigenvalue weighted by molar-refractivity contribution is 0.248. The molecule has 2 rings (SSSR count). The van der Waals surface area contributed by atoms with Gasteiger partial charge in [-0.2, -0.15) is 0 Å². The molecule has 4 N–H and O–H groups in total. The second-order valence-electron chi connectivity index (χ2n) is 5.47. The van der Waals surface area contributed by atoms with Crippen LogP contribution in [0.4, 0.5) is 10.5 Å². The largest absolute Gasteiger partial charge is 0.351 e. The molecule has 0 heterocycles. The van der Waals surface area contributed by atoms with Gasteiger partial charge in [-0.1, -0.05) is 42.5 Å². The van der Waals surface area contributed by atoms with Crippen LogP contribution in [0.2, 0.25) is 0 Å². The second-order valence-corrected chi connectivity index (χ2v) is 5.47. The van der Waals surface area contributed by atoms with Crippen molar-refractivity contribution in [3.63, 3.8) is 0 Å². The molecule has 4 nitrogen and oxygen atoms in total. The molecule has 0 aliphatic heterocycles. The first-order chi connectivity index (χ1) is 9.96. The third-order valence-corrected chi connectivity index (χ3v) is 3.69. The van der Waals surface area contributed by atoms with Gasteiger partial charge in [-0.25, -0.2) is 4.79 Å². The highest BCUT2D eigenvalue weighted by Gasteiger charge is 2.32. The Morgan fingerprint density at radius 1 is 1.05 bits per heavy atom. The minimum atomic E-state index is -0.544. The summed E-state index contributed by atoms with van der Waals surface area (Å²) in [4.78, 5) is 13.6. The van der Waals surface area contributed by atoms with Gasteiger partial charge < -0.3 is 11.5 Å². The Hall–Kier alpha value is -2.33. The topological polar surface area (TPSA) is 72.3 Å². The summed E-state index contributed by atoms with van der Waals surface area (Å²) in [5, 5.41) is 0. The Labute approximate surface area is 125 Å². The molecule has 110 valence electrons. The normalized spacial score (nSPS) is 11.2. The van der Waals surface area contributed by atoms with E-state index in [1.165, 1.54) is 0 Å². The van der Waals surface area contributed by atoms with Gasteiger partial charge in [-0.3, -0.25) is 4.90 Å². The summed E-state index contributed by atoms with van der Waals surface area (Å²) in [5.74, 6) is 0. The van der Waals surface area contributed by atoms with Gasteiger partial charge in [0.05, 0.1) is 5.54 Å². The molecule has 21 heavy (non-hydrogen) atoms. The minimum Gasteiger partial charge on any atom is -0.351 e. The lowest BCUT2D eigenvalue weighted by Gasteiger charge is -2.38. The van der Waals surface area contributed by atoms with Crippen molar-refractivity contribution in [2.75, 3.05) is 4.90 Å². The molecule has 0 aliphatic rings. The lowest BCUT2D eigenvalue weighted by Crippen LogP contribution is -2.48. The van der Waals surface area contributed by atoms with Gasteiger partial charge in [0, 0.05) is 12.2 Å². The fraction of sp³-hybridized carbons (Fsp3) is 0.235. The predicted octanol–water partition coefficient (Wildman–Crippen LogP) is 2.97. The molecule has 0 aromatic heterocycles. The number of rotatable bonds is 4. The van der Waals surface area contributed by atoms with Gasteiger partial charge in [-0.15, -0.1) is 0 Å². The Kier molecular flexibility index (Phi) is 4.29. The van der Waals surface area contributed by atoms with Crippen molar-refractivity contribution in [3.8, 4) is 0 Å². The van der Waals surface area contributed by atoms with Crippen LogP contribution in [0.15, 0.2) is 54.6 Å². The number of nitrogens with zero attached hydrogens (tertiary/aromatic N) is 1. The number of hydrogen-bond acceptors (Lipinski definition) is 2. The smallest absolute Gasteiger partial charge is 0.320 e. The number of nitrogens with two attached hydrogens (primary N) is 2. The summed E-state index contributed by atoms with van der Waals surface area (Å²) in [5.41, 5.74) is 13.5. The van der Waals surface area contributed by atoms with Gasteiger partial charge in [-0.05, 0) is 37.1 Å². The summed E-state index contributed by atoms with van der Waals surface area (Å²) >= 11 is 0. The molecular formula is C17H21N3O. The van der Waals surface area contributed by atoms with Crippen molar-refractivity contribution in [3.05, 3.63) is 65.7 Å². The first-order valence-electron chi connectivity index (χ1n) is 6.91. The highest BCUT2D eigenvalue weighted by Crippen LogP contribution is 2.32. The second kappa shape index (κ2) is 5.97. The zero-order chi connectivity index (χ0) is 15.5. The van der Waals surface area contributed by atoms with Crippen LogP contribution in [-0.2, 0) is 12.1 Å². The zero-order valence-corrected chi connectivity index (χ0v) is 12.4. The van der Waals surface area contributed by atoms with Crippen LogP contribution in [0.1, 0.15) is 25.0 Å². The number of carbonyl (C=O) groups is 1. The van der Waals surface area contributed by atoms with Crippen molar-refractivity contribution >= 4 is 11.7 Å². The van der Waals surface area contributed by atoms with E-state index < -0.39 is 11.6 Å². The van der Waals surface area contributed by atoms with Gasteiger partial charge in [0.15, 0.2) is 0 Å². The third-order valence-electron chi connectivity index (χ3n) is 3.69. The molecule has 0 saturated heterocycles. The van der Waals surface area contributed by atoms with Gasteiger partial charge in [0.2, 0.25) is 0 Å². The van der Waals surface area contributed by atoms with Crippen molar-refractivity contribution < 1.29 is 4.79 Å². The fourth-order valence-corrected chi connectivity index (χ4v) is 2.48. The minimum absolute atomic E-state index is 0.471. The summed E-state index contributed by atoms with van der Waals surface area (Å²) < 4.78 is 0. The Morgan fingerprint density at radius 3 is 2.10 bits per heavy atom. The third kappa shape index (κ3) is 3.06. The van der Waals surface area contributed by atoms with E-state index in [0.29, 0.717) is 6.54 Å². The number of carbonyl (C=O) groups excluding carboxylic acids is 1. The van der Waals surface area contributed by atoms with Gasteiger partial charge in [0.1, 0.15) is 0 Å². The average molecular weight is 283 g/mol. The summed E-state index contributed by atoms with van der Waals surface area (Å²) in [6, 6.07) is 16.9. The number of primary amides is 1. The van der Waals surface area contributed by atoms with Crippen LogP contribution in [-0.4, -0.2) is 6.03 Å². The number of benzene rings is 2. The summed E-state index contributed by atoms with van der Waals surface area (Å²) in [6.45, 7) is 4.42. The molecule has 0 spiro atoms. The first kappa shape index (κ1) is 15.1. The molecule has 0 radical (unpaired) electrons. The molecule has 4 heteroatoms. The van der Waals surface area contributed by atoms with Crippen LogP contribution in [0.5, 0.6) is 0 Å². The number of anilines is 1. The number of hydrogen-bond donors (Lipinski definition) is 2. The fourth-order valence-electron chi connectivity index (χ4n) is 2.48. The number of amides is 2. The van der Waals surface area contributed by atoms with E-state index in [0.717, 1.165) is 16.8 Å². The first-order valence-corrected chi connectivity index (χ1v) is 6.91. The van der Waals surface area contributed by atoms with Crippen LogP contribution in [0.25, 0.3) is 0 Å². The van der Waals surface area contributed by atoms with E-state index >= 15 is 0 Å². The summed E-state index contributed by atoms with van der Waals surface area (Å²) in [6.07, 6.45) is 0. The maximum atomic E-state index is 12.0. The van der Waals surface area contributed by atoms with Crippen LogP contribution in [0, 0.1) is 0 Å². The van der Waals surface area contributed by atoms with Crippen molar-refractivity contribution in [1.82, 2.24) is 0 Å². The van der Waals surface area contributed by atoms with E-state index in [9.17, 15) is 4.79 Å². The van der Waals surface area contributed by atoms with Crippen LogP contribution < -0.4 is 16.4 Å². The van der Waals surface area contributed by atoms with Gasteiger partial charge >= 0.3 is 6.03 Å². The molecular weight excluding hydrogens is 262 g/mol. The molecule has 0 saturated carbocycles. The Bertz CT molecular complexity index is 606. The van der Waals surface area contributed by atoms with E-state index in [4.69, 9.17) is 11.5 Å².